The molecule has 1 aromatic rings. The highest BCUT2D eigenvalue weighted by Gasteiger charge is 2.19. The number of likely N-dealkylation sites (tertiary alicyclic amines) is 1. The third-order valence-electron chi connectivity index (χ3n) is 3.58. The average molecular weight is 261 g/mol. The molecule has 0 aliphatic carbocycles. The van der Waals surface area contributed by atoms with E-state index >= 15 is 0 Å². The Bertz CT molecular complexity index is 388. The smallest absolute Gasteiger partial charge is 0.317 e. The van der Waals surface area contributed by atoms with Gasteiger partial charge in [-0.15, -0.1) is 0 Å². The number of urea groups is 1. The van der Waals surface area contributed by atoms with E-state index in [2.05, 4.69) is 17.4 Å². The van der Waals surface area contributed by atoms with Gasteiger partial charge in [0.1, 0.15) is 0 Å². The molecule has 1 saturated heterocycles. The lowest BCUT2D eigenvalue weighted by Crippen LogP contribution is -2.49. The number of carbonyl (C=O) groups is 1. The van der Waals surface area contributed by atoms with Crippen molar-refractivity contribution in [2.75, 3.05) is 19.6 Å². The molecule has 1 atom stereocenters. The van der Waals surface area contributed by atoms with Crippen molar-refractivity contribution in [2.45, 2.75) is 31.7 Å². The van der Waals surface area contributed by atoms with Crippen LogP contribution < -0.4 is 11.1 Å². The molecule has 1 aromatic carbocycles. The molecule has 2 amide bonds. The molecule has 0 aromatic heterocycles. The number of piperidine rings is 1. The molecule has 104 valence electrons. The predicted molar refractivity (Wildman–Crippen MR) is 76.9 cm³/mol. The van der Waals surface area contributed by atoms with Crippen molar-refractivity contribution in [3.05, 3.63) is 35.9 Å². The summed E-state index contributed by atoms with van der Waals surface area (Å²) in [6.45, 7) is 2.21. The molecule has 0 bridgehead atoms. The van der Waals surface area contributed by atoms with E-state index in [4.69, 9.17) is 5.73 Å². The Morgan fingerprint density at radius 1 is 1.21 bits per heavy atom. The Morgan fingerprint density at radius 2 is 1.89 bits per heavy atom. The Labute approximate surface area is 115 Å². The molecule has 3 N–H and O–H groups in total. The minimum atomic E-state index is 0.0110. The normalized spacial score (nSPS) is 17.0. The molecule has 0 spiro atoms. The number of benzene rings is 1. The van der Waals surface area contributed by atoms with Crippen LogP contribution in [0.4, 0.5) is 4.79 Å². The van der Waals surface area contributed by atoms with E-state index in [0.717, 1.165) is 32.4 Å². The van der Waals surface area contributed by atoms with Crippen LogP contribution in [0.5, 0.6) is 0 Å². The first-order valence-electron chi connectivity index (χ1n) is 7.09. The summed E-state index contributed by atoms with van der Waals surface area (Å²) in [6, 6.07) is 10.2. The van der Waals surface area contributed by atoms with E-state index in [9.17, 15) is 4.79 Å². The van der Waals surface area contributed by atoms with Crippen molar-refractivity contribution >= 4 is 6.03 Å². The summed E-state index contributed by atoms with van der Waals surface area (Å²) >= 11 is 0. The fourth-order valence-electron chi connectivity index (χ4n) is 2.45. The van der Waals surface area contributed by atoms with Crippen LogP contribution in [0.2, 0.25) is 0 Å². The Kier molecular flexibility index (Phi) is 5.21. The number of nitrogens with zero attached hydrogens (tertiary/aromatic N) is 1. The van der Waals surface area contributed by atoms with Crippen molar-refractivity contribution in [3.8, 4) is 0 Å². The lowest BCUT2D eigenvalue weighted by Gasteiger charge is -2.29. The Morgan fingerprint density at radius 3 is 2.53 bits per heavy atom. The zero-order valence-electron chi connectivity index (χ0n) is 11.3. The van der Waals surface area contributed by atoms with Gasteiger partial charge in [0, 0.05) is 25.7 Å². The third kappa shape index (κ3) is 4.24. The van der Waals surface area contributed by atoms with Crippen molar-refractivity contribution in [1.29, 1.82) is 0 Å². The molecule has 1 fully saturated rings. The highest BCUT2D eigenvalue weighted by atomic mass is 16.2. The van der Waals surface area contributed by atoms with Gasteiger partial charge in [-0.25, -0.2) is 4.79 Å². The summed E-state index contributed by atoms with van der Waals surface area (Å²) in [5.41, 5.74) is 6.97. The lowest BCUT2D eigenvalue weighted by molar-refractivity contribution is 0.182. The van der Waals surface area contributed by atoms with Crippen LogP contribution in [0.1, 0.15) is 24.8 Å². The topological polar surface area (TPSA) is 58.4 Å². The molecule has 2 rings (SSSR count). The van der Waals surface area contributed by atoms with Gasteiger partial charge in [-0.1, -0.05) is 30.3 Å². The summed E-state index contributed by atoms with van der Waals surface area (Å²) in [4.78, 5) is 14.0. The van der Waals surface area contributed by atoms with Crippen molar-refractivity contribution in [2.24, 2.45) is 5.73 Å². The monoisotopic (exact) mass is 261 g/mol. The minimum Gasteiger partial charge on any atom is -0.334 e. The summed E-state index contributed by atoms with van der Waals surface area (Å²) in [7, 11) is 0. The molecular formula is C15H23N3O. The third-order valence-corrected chi connectivity index (χ3v) is 3.58. The second-order valence-corrected chi connectivity index (χ2v) is 5.12. The van der Waals surface area contributed by atoms with E-state index in [1.807, 2.05) is 23.1 Å². The second-order valence-electron chi connectivity index (χ2n) is 5.12. The van der Waals surface area contributed by atoms with Crippen molar-refractivity contribution < 1.29 is 4.79 Å². The maximum absolute atomic E-state index is 12.1. The first-order valence-corrected chi connectivity index (χ1v) is 7.09. The van der Waals surface area contributed by atoms with Gasteiger partial charge in [0.05, 0.1) is 0 Å². The number of hydrogen-bond acceptors (Lipinski definition) is 2. The number of nitrogens with two attached hydrogens (primary N) is 1. The van der Waals surface area contributed by atoms with Gasteiger partial charge in [-0.2, -0.15) is 0 Å². The molecule has 4 heteroatoms. The molecule has 19 heavy (non-hydrogen) atoms. The number of nitrogens with one attached hydrogen (secondary N) is 1. The maximum atomic E-state index is 12.1. The SMILES string of the molecule is NCC(Cc1ccccc1)NC(=O)N1CCCCC1. The number of rotatable bonds is 4. The van der Waals surface area contributed by atoms with E-state index in [-0.39, 0.29) is 12.1 Å². The fourth-order valence-corrected chi connectivity index (χ4v) is 2.45. The quantitative estimate of drug-likeness (QED) is 0.867. The fraction of sp³-hybridized carbons (Fsp3) is 0.533. The molecule has 1 heterocycles. The highest BCUT2D eigenvalue weighted by Crippen LogP contribution is 2.09. The van der Waals surface area contributed by atoms with Gasteiger partial charge < -0.3 is 16.0 Å². The average Bonchev–Trinajstić information content (AvgIpc) is 2.48. The summed E-state index contributed by atoms with van der Waals surface area (Å²) in [5, 5.41) is 3.05. The van der Waals surface area contributed by atoms with Gasteiger partial charge in [-0.3, -0.25) is 0 Å². The molecule has 1 aliphatic rings. The lowest BCUT2D eigenvalue weighted by atomic mass is 10.1. The first-order chi connectivity index (χ1) is 9.29. The van der Waals surface area contributed by atoms with Gasteiger partial charge in [0.15, 0.2) is 0 Å². The zero-order chi connectivity index (χ0) is 13.5. The van der Waals surface area contributed by atoms with E-state index in [1.165, 1.54) is 12.0 Å². The van der Waals surface area contributed by atoms with Gasteiger partial charge >= 0.3 is 6.03 Å². The van der Waals surface area contributed by atoms with Crippen LogP contribution in [-0.2, 0) is 6.42 Å². The van der Waals surface area contributed by atoms with Crippen molar-refractivity contribution in [3.63, 3.8) is 0 Å². The zero-order valence-corrected chi connectivity index (χ0v) is 11.3. The molecular weight excluding hydrogens is 238 g/mol. The Hall–Kier alpha value is -1.55. The predicted octanol–water partition coefficient (Wildman–Crippen LogP) is 1.75. The molecule has 1 aliphatic heterocycles. The number of hydrogen-bond donors (Lipinski definition) is 2. The number of amides is 2. The molecule has 4 nitrogen and oxygen atoms in total. The van der Waals surface area contributed by atoms with Gasteiger partial charge in [-0.05, 0) is 31.2 Å². The van der Waals surface area contributed by atoms with Crippen molar-refractivity contribution in [1.82, 2.24) is 10.2 Å². The summed E-state index contributed by atoms with van der Waals surface area (Å²) < 4.78 is 0. The van der Waals surface area contributed by atoms with Crippen LogP contribution in [0.25, 0.3) is 0 Å². The minimum absolute atomic E-state index is 0.0110. The van der Waals surface area contributed by atoms with Crippen LogP contribution in [0.3, 0.4) is 0 Å². The second kappa shape index (κ2) is 7.14. The van der Waals surface area contributed by atoms with E-state index in [1.54, 1.807) is 0 Å². The number of carbonyl (C=O) groups excluding carboxylic acids is 1. The highest BCUT2D eigenvalue weighted by molar-refractivity contribution is 5.74. The van der Waals surface area contributed by atoms with Gasteiger partial charge in [0.2, 0.25) is 0 Å². The largest absolute Gasteiger partial charge is 0.334 e. The Balaban J connectivity index is 1.86. The van der Waals surface area contributed by atoms with Crippen LogP contribution in [-0.4, -0.2) is 36.6 Å². The van der Waals surface area contributed by atoms with Crippen LogP contribution in [0, 0.1) is 0 Å². The van der Waals surface area contributed by atoms with Gasteiger partial charge in [0.25, 0.3) is 0 Å². The standard InChI is InChI=1S/C15H23N3O/c16-12-14(11-13-7-3-1-4-8-13)17-15(19)18-9-5-2-6-10-18/h1,3-4,7-8,14H,2,5-6,9-12,16H2,(H,17,19). The molecule has 0 radical (unpaired) electrons. The van der Waals surface area contributed by atoms with Crippen LogP contribution in [0.15, 0.2) is 30.3 Å². The summed E-state index contributed by atoms with van der Waals surface area (Å²) in [5.74, 6) is 0. The molecule has 0 saturated carbocycles. The molecule has 1 unspecified atom stereocenters. The first kappa shape index (κ1) is 13.9. The maximum Gasteiger partial charge on any atom is 0.317 e. The summed E-state index contributed by atoms with van der Waals surface area (Å²) in [6.07, 6.45) is 4.24. The van der Waals surface area contributed by atoms with E-state index < -0.39 is 0 Å². The van der Waals surface area contributed by atoms with E-state index in [0.29, 0.717) is 6.54 Å². The van der Waals surface area contributed by atoms with Crippen LogP contribution >= 0.6 is 0 Å².